The lowest BCUT2D eigenvalue weighted by atomic mass is 10.0. The maximum absolute atomic E-state index is 5.98. The molecule has 1 aliphatic rings. The Balaban J connectivity index is 1.78. The highest BCUT2D eigenvalue weighted by molar-refractivity contribution is 4.60. The third kappa shape index (κ3) is 12.9. The SMILES string of the molecule is CCCCCCCCCCCCCCCCOCC(C)[N+]1(C)CCNCC1. The van der Waals surface area contributed by atoms with Gasteiger partial charge in [0, 0.05) is 19.7 Å². The van der Waals surface area contributed by atoms with Gasteiger partial charge in [-0.05, 0) is 13.3 Å². The molecule has 0 radical (unpaired) electrons. The molecule has 1 aliphatic heterocycles. The van der Waals surface area contributed by atoms with Gasteiger partial charge in [0.15, 0.2) is 0 Å². The van der Waals surface area contributed by atoms with E-state index in [1.165, 1.54) is 107 Å². The van der Waals surface area contributed by atoms with Crippen LogP contribution in [0.3, 0.4) is 0 Å². The van der Waals surface area contributed by atoms with E-state index in [4.69, 9.17) is 4.74 Å². The first-order valence-electron chi connectivity index (χ1n) is 12.3. The second-order valence-electron chi connectivity index (χ2n) is 9.20. The van der Waals surface area contributed by atoms with E-state index in [0.717, 1.165) is 26.3 Å². The van der Waals surface area contributed by atoms with Gasteiger partial charge in [0.25, 0.3) is 0 Å². The highest BCUT2D eigenvalue weighted by atomic mass is 16.5. The van der Waals surface area contributed by atoms with Crippen molar-refractivity contribution < 1.29 is 9.22 Å². The Hall–Kier alpha value is -0.120. The zero-order chi connectivity index (χ0) is 19.6. The number of nitrogens with zero attached hydrogens (tertiary/aromatic N) is 1. The molecule has 0 saturated carbocycles. The zero-order valence-electron chi connectivity index (χ0n) is 19.1. The van der Waals surface area contributed by atoms with Crippen molar-refractivity contribution in [1.82, 2.24) is 5.32 Å². The smallest absolute Gasteiger partial charge is 0.110 e. The van der Waals surface area contributed by atoms with E-state index in [-0.39, 0.29) is 0 Å². The number of nitrogens with one attached hydrogen (secondary N) is 1. The van der Waals surface area contributed by atoms with Gasteiger partial charge >= 0.3 is 0 Å². The monoisotopic (exact) mass is 383 g/mol. The van der Waals surface area contributed by atoms with Crippen LogP contribution in [0.5, 0.6) is 0 Å². The molecule has 0 aromatic heterocycles. The second kappa shape index (κ2) is 16.8. The first-order chi connectivity index (χ1) is 13.2. The molecule has 3 nitrogen and oxygen atoms in total. The number of piperazine rings is 1. The van der Waals surface area contributed by atoms with Crippen LogP contribution in [-0.2, 0) is 4.74 Å². The quantitative estimate of drug-likeness (QED) is 0.234. The summed E-state index contributed by atoms with van der Waals surface area (Å²) in [6, 6.07) is 0.624. The second-order valence-corrected chi connectivity index (χ2v) is 9.20. The van der Waals surface area contributed by atoms with E-state index in [2.05, 4.69) is 26.2 Å². The van der Waals surface area contributed by atoms with Crippen molar-refractivity contribution in [3.63, 3.8) is 0 Å². The van der Waals surface area contributed by atoms with Gasteiger partial charge in [0.2, 0.25) is 0 Å². The van der Waals surface area contributed by atoms with Gasteiger partial charge in [-0.15, -0.1) is 0 Å². The highest BCUT2D eigenvalue weighted by Gasteiger charge is 2.30. The minimum Gasteiger partial charge on any atom is -0.375 e. The highest BCUT2D eigenvalue weighted by Crippen LogP contribution is 2.14. The molecule has 1 heterocycles. The Morgan fingerprint density at radius 2 is 1.19 bits per heavy atom. The summed E-state index contributed by atoms with van der Waals surface area (Å²) >= 11 is 0. The van der Waals surface area contributed by atoms with E-state index in [1.807, 2.05) is 0 Å². The molecule has 0 aliphatic carbocycles. The van der Waals surface area contributed by atoms with Crippen molar-refractivity contribution in [3.05, 3.63) is 0 Å². The molecule has 0 amide bonds. The lowest BCUT2D eigenvalue weighted by Crippen LogP contribution is -2.61. The summed E-state index contributed by atoms with van der Waals surface area (Å²) in [5, 5.41) is 3.46. The maximum Gasteiger partial charge on any atom is 0.110 e. The van der Waals surface area contributed by atoms with Crippen LogP contribution in [0.25, 0.3) is 0 Å². The summed E-state index contributed by atoms with van der Waals surface area (Å²) < 4.78 is 7.16. The minimum atomic E-state index is 0.624. The predicted molar refractivity (Wildman–Crippen MR) is 119 cm³/mol. The summed E-state index contributed by atoms with van der Waals surface area (Å²) in [5.74, 6) is 0. The maximum atomic E-state index is 5.98. The van der Waals surface area contributed by atoms with Gasteiger partial charge in [0.05, 0.1) is 26.7 Å². The van der Waals surface area contributed by atoms with Crippen molar-refractivity contribution in [1.29, 1.82) is 0 Å². The number of hydrogen-bond donors (Lipinski definition) is 1. The Kier molecular flexibility index (Phi) is 15.5. The van der Waals surface area contributed by atoms with E-state index in [9.17, 15) is 0 Å². The number of quaternary nitrogens is 1. The van der Waals surface area contributed by atoms with Crippen LogP contribution in [-0.4, -0.2) is 57.0 Å². The Morgan fingerprint density at radius 1 is 0.741 bits per heavy atom. The fourth-order valence-corrected chi connectivity index (χ4v) is 4.18. The molecule has 0 aromatic rings. The van der Waals surface area contributed by atoms with Crippen LogP contribution in [0.2, 0.25) is 0 Å². The van der Waals surface area contributed by atoms with Gasteiger partial charge < -0.3 is 14.5 Å². The van der Waals surface area contributed by atoms with Gasteiger partial charge in [-0.3, -0.25) is 0 Å². The molecule has 27 heavy (non-hydrogen) atoms. The van der Waals surface area contributed by atoms with Crippen LogP contribution in [0.1, 0.15) is 104 Å². The first kappa shape index (κ1) is 24.9. The van der Waals surface area contributed by atoms with Gasteiger partial charge in [-0.2, -0.15) is 0 Å². The van der Waals surface area contributed by atoms with Gasteiger partial charge in [0.1, 0.15) is 6.04 Å². The minimum absolute atomic E-state index is 0.624. The molecule has 1 saturated heterocycles. The zero-order valence-corrected chi connectivity index (χ0v) is 19.1. The number of unbranched alkanes of at least 4 members (excludes halogenated alkanes) is 13. The summed E-state index contributed by atoms with van der Waals surface area (Å²) in [6.45, 7) is 11.3. The van der Waals surface area contributed by atoms with Crippen LogP contribution < -0.4 is 5.32 Å². The topological polar surface area (TPSA) is 21.3 Å². The molecule has 0 spiro atoms. The standard InChI is InChI=1S/C24H51N2O/c1-4-5-6-7-8-9-10-11-12-13-14-15-16-17-22-27-23-24(2)26(3)20-18-25-19-21-26/h24-25H,4-23H2,1-3H3/q+1. The van der Waals surface area contributed by atoms with Crippen molar-refractivity contribution in [2.75, 3.05) is 46.4 Å². The van der Waals surface area contributed by atoms with Crippen LogP contribution >= 0.6 is 0 Å². The van der Waals surface area contributed by atoms with E-state index in [1.54, 1.807) is 0 Å². The average Bonchev–Trinajstić information content (AvgIpc) is 2.68. The van der Waals surface area contributed by atoms with Crippen LogP contribution in [0.15, 0.2) is 0 Å². The summed E-state index contributed by atoms with van der Waals surface area (Å²) in [7, 11) is 2.39. The fraction of sp³-hybridized carbons (Fsp3) is 1.00. The van der Waals surface area contributed by atoms with Gasteiger partial charge in [-0.25, -0.2) is 0 Å². The van der Waals surface area contributed by atoms with Gasteiger partial charge in [-0.1, -0.05) is 90.4 Å². The number of hydrogen-bond acceptors (Lipinski definition) is 2. The van der Waals surface area contributed by atoms with Crippen LogP contribution in [0, 0.1) is 0 Å². The third-order valence-corrected chi connectivity index (χ3v) is 6.66. The lowest BCUT2D eigenvalue weighted by Gasteiger charge is -2.42. The first-order valence-corrected chi connectivity index (χ1v) is 12.3. The van der Waals surface area contributed by atoms with E-state index in [0.29, 0.717) is 6.04 Å². The summed E-state index contributed by atoms with van der Waals surface area (Å²) in [5.41, 5.74) is 0. The Bertz CT molecular complexity index is 316. The predicted octanol–water partition coefficient (Wildman–Crippen LogP) is 5.92. The molecule has 0 aromatic carbocycles. The van der Waals surface area contributed by atoms with Crippen LogP contribution in [0.4, 0.5) is 0 Å². The molecule has 162 valence electrons. The van der Waals surface area contributed by atoms with Crippen molar-refractivity contribution in [2.24, 2.45) is 0 Å². The molecular formula is C24H51N2O+. The van der Waals surface area contributed by atoms with Crippen molar-refractivity contribution >= 4 is 0 Å². The molecule has 1 unspecified atom stereocenters. The fourth-order valence-electron chi connectivity index (χ4n) is 4.18. The number of ether oxygens (including phenoxy) is 1. The molecule has 1 atom stereocenters. The summed E-state index contributed by atoms with van der Waals surface area (Å²) in [6.07, 6.45) is 19.9. The third-order valence-electron chi connectivity index (χ3n) is 6.66. The largest absolute Gasteiger partial charge is 0.375 e. The number of likely N-dealkylation sites (N-methyl/N-ethyl adjacent to an activating group) is 1. The molecular weight excluding hydrogens is 332 g/mol. The summed E-state index contributed by atoms with van der Waals surface area (Å²) in [4.78, 5) is 0. The van der Waals surface area contributed by atoms with Crippen molar-refractivity contribution in [2.45, 2.75) is 110 Å². The molecule has 1 rings (SSSR count). The number of rotatable bonds is 18. The average molecular weight is 384 g/mol. The lowest BCUT2D eigenvalue weighted by molar-refractivity contribution is -0.933. The van der Waals surface area contributed by atoms with Crippen molar-refractivity contribution in [3.8, 4) is 0 Å². The Labute approximate surface area is 171 Å². The van der Waals surface area contributed by atoms with E-state index < -0.39 is 0 Å². The van der Waals surface area contributed by atoms with E-state index >= 15 is 0 Å². The Morgan fingerprint density at radius 3 is 1.67 bits per heavy atom. The molecule has 0 bridgehead atoms. The molecule has 1 fully saturated rings. The molecule has 1 N–H and O–H groups in total. The normalized spacial score (nSPS) is 17.9. The molecule has 3 heteroatoms.